The summed E-state index contributed by atoms with van der Waals surface area (Å²) in [4.78, 5) is 21.6. The van der Waals surface area contributed by atoms with Gasteiger partial charge in [-0.05, 0) is 60.7 Å². The summed E-state index contributed by atoms with van der Waals surface area (Å²) in [5.41, 5.74) is 6.17. The molecule has 3 heterocycles. The highest BCUT2D eigenvalue weighted by Gasteiger charge is 2.15. The zero-order chi connectivity index (χ0) is 22.5. The fraction of sp³-hybridized carbons (Fsp3) is 0.259. The zero-order valence-electron chi connectivity index (χ0n) is 18.5. The molecule has 0 aliphatic heterocycles. The summed E-state index contributed by atoms with van der Waals surface area (Å²) >= 11 is 0. The average molecular weight is 438 g/mol. The molecule has 1 saturated carbocycles. The summed E-state index contributed by atoms with van der Waals surface area (Å²) in [5, 5.41) is 10.4. The first-order chi connectivity index (χ1) is 16.3. The van der Waals surface area contributed by atoms with Gasteiger partial charge < -0.3 is 5.32 Å². The molecule has 0 bridgehead atoms. The molecule has 3 aromatic heterocycles. The van der Waals surface area contributed by atoms with E-state index in [1.165, 1.54) is 32.1 Å². The van der Waals surface area contributed by atoms with Crippen molar-refractivity contribution in [1.29, 1.82) is 0 Å². The Morgan fingerprint density at radius 2 is 1.73 bits per heavy atom. The van der Waals surface area contributed by atoms with Crippen LogP contribution in [0.1, 0.15) is 42.5 Å². The maximum atomic E-state index is 12.6. The van der Waals surface area contributed by atoms with Gasteiger partial charge in [-0.3, -0.25) is 19.9 Å². The molecule has 0 spiro atoms. The van der Waals surface area contributed by atoms with E-state index in [9.17, 15) is 4.79 Å². The molecule has 5 rings (SSSR count). The van der Waals surface area contributed by atoms with Crippen molar-refractivity contribution in [2.24, 2.45) is 5.92 Å². The fourth-order valence-corrected chi connectivity index (χ4v) is 4.49. The summed E-state index contributed by atoms with van der Waals surface area (Å²) < 4.78 is 0. The number of hydrogen-bond acceptors (Lipinski definition) is 4. The van der Waals surface area contributed by atoms with Crippen LogP contribution in [0, 0.1) is 5.92 Å². The summed E-state index contributed by atoms with van der Waals surface area (Å²) in [6, 6.07) is 17.5. The first-order valence-corrected chi connectivity index (χ1v) is 11.6. The van der Waals surface area contributed by atoms with E-state index in [1.54, 1.807) is 12.4 Å². The molecular weight excluding hydrogens is 410 g/mol. The van der Waals surface area contributed by atoms with Crippen molar-refractivity contribution >= 4 is 5.91 Å². The average Bonchev–Trinajstić information content (AvgIpc) is 3.39. The number of aromatic amines is 1. The maximum Gasteiger partial charge on any atom is 0.251 e. The first-order valence-electron chi connectivity index (χ1n) is 11.6. The van der Waals surface area contributed by atoms with Gasteiger partial charge in [-0.1, -0.05) is 37.5 Å². The second-order valence-electron chi connectivity index (χ2n) is 8.59. The van der Waals surface area contributed by atoms with E-state index < -0.39 is 0 Å². The number of rotatable bonds is 6. The molecule has 6 nitrogen and oxygen atoms in total. The summed E-state index contributed by atoms with van der Waals surface area (Å²) in [6.45, 7) is 0.771. The molecule has 1 fully saturated rings. The Morgan fingerprint density at radius 1 is 0.909 bits per heavy atom. The maximum absolute atomic E-state index is 12.6. The Balaban J connectivity index is 1.31. The second kappa shape index (κ2) is 9.77. The number of amides is 1. The summed E-state index contributed by atoms with van der Waals surface area (Å²) in [5.74, 6) is 0.611. The Hall–Kier alpha value is -3.80. The Bertz CT molecular complexity index is 1210. The minimum atomic E-state index is -0.00719. The van der Waals surface area contributed by atoms with Crippen molar-refractivity contribution in [3.63, 3.8) is 0 Å². The van der Waals surface area contributed by atoms with Crippen LogP contribution < -0.4 is 5.32 Å². The van der Waals surface area contributed by atoms with Crippen LogP contribution in [-0.4, -0.2) is 32.6 Å². The van der Waals surface area contributed by atoms with Gasteiger partial charge in [0.25, 0.3) is 5.91 Å². The second-order valence-corrected chi connectivity index (χ2v) is 8.59. The Kier molecular flexibility index (Phi) is 6.24. The van der Waals surface area contributed by atoms with Crippen LogP contribution in [-0.2, 0) is 0 Å². The molecule has 1 aliphatic rings. The van der Waals surface area contributed by atoms with Gasteiger partial charge in [0.1, 0.15) is 0 Å². The van der Waals surface area contributed by atoms with Crippen molar-refractivity contribution in [2.75, 3.05) is 6.54 Å². The van der Waals surface area contributed by atoms with Crippen molar-refractivity contribution in [2.45, 2.75) is 32.1 Å². The van der Waals surface area contributed by atoms with Crippen LogP contribution in [0.25, 0.3) is 33.8 Å². The molecule has 166 valence electrons. The van der Waals surface area contributed by atoms with Crippen LogP contribution in [0.2, 0.25) is 0 Å². The van der Waals surface area contributed by atoms with Crippen LogP contribution >= 0.6 is 0 Å². The van der Waals surface area contributed by atoms with E-state index in [4.69, 9.17) is 0 Å². The molecule has 0 atom stereocenters. The SMILES string of the molecule is O=C(NCC1CCCCC1)c1ccc(-c2cc(-c3cn[nH]c3-c3ccccn3)ccn2)cc1. The summed E-state index contributed by atoms with van der Waals surface area (Å²) in [6.07, 6.45) is 11.7. The van der Waals surface area contributed by atoms with Crippen molar-refractivity contribution in [3.8, 4) is 33.8 Å². The molecule has 1 amide bonds. The molecule has 2 N–H and O–H groups in total. The molecule has 33 heavy (non-hydrogen) atoms. The number of H-pyrrole nitrogens is 1. The fourth-order valence-electron chi connectivity index (χ4n) is 4.49. The van der Waals surface area contributed by atoms with E-state index in [2.05, 4.69) is 25.5 Å². The first kappa shape index (κ1) is 21.1. The number of carbonyl (C=O) groups is 1. The summed E-state index contributed by atoms with van der Waals surface area (Å²) in [7, 11) is 0. The van der Waals surface area contributed by atoms with Gasteiger partial charge >= 0.3 is 0 Å². The number of hydrogen-bond donors (Lipinski definition) is 2. The van der Waals surface area contributed by atoms with Crippen molar-refractivity contribution < 1.29 is 4.79 Å². The number of nitrogens with zero attached hydrogens (tertiary/aromatic N) is 3. The van der Waals surface area contributed by atoms with Gasteiger partial charge in [0.2, 0.25) is 0 Å². The highest BCUT2D eigenvalue weighted by atomic mass is 16.1. The van der Waals surface area contributed by atoms with Gasteiger partial charge in [-0.2, -0.15) is 5.10 Å². The van der Waals surface area contributed by atoms with E-state index >= 15 is 0 Å². The van der Waals surface area contributed by atoms with Crippen LogP contribution in [0.5, 0.6) is 0 Å². The highest BCUT2D eigenvalue weighted by molar-refractivity contribution is 5.94. The number of benzene rings is 1. The topological polar surface area (TPSA) is 83.6 Å². The third kappa shape index (κ3) is 4.85. The Morgan fingerprint density at radius 3 is 2.52 bits per heavy atom. The largest absolute Gasteiger partial charge is 0.352 e. The predicted octanol–water partition coefficient (Wildman–Crippen LogP) is 5.51. The minimum Gasteiger partial charge on any atom is -0.352 e. The van der Waals surface area contributed by atoms with Crippen molar-refractivity contribution in [3.05, 3.63) is 78.8 Å². The Labute approximate surface area is 193 Å². The quantitative estimate of drug-likeness (QED) is 0.417. The van der Waals surface area contributed by atoms with E-state index in [0.717, 1.165) is 40.3 Å². The monoisotopic (exact) mass is 437 g/mol. The lowest BCUT2D eigenvalue weighted by Crippen LogP contribution is -2.30. The van der Waals surface area contributed by atoms with Crippen LogP contribution in [0.4, 0.5) is 0 Å². The third-order valence-corrected chi connectivity index (χ3v) is 6.35. The minimum absolute atomic E-state index is 0.00719. The van der Waals surface area contributed by atoms with E-state index in [1.807, 2.05) is 60.8 Å². The smallest absolute Gasteiger partial charge is 0.251 e. The number of pyridine rings is 2. The molecule has 6 heteroatoms. The van der Waals surface area contributed by atoms with Gasteiger partial charge in [0.05, 0.1) is 23.3 Å². The number of carbonyl (C=O) groups excluding carboxylic acids is 1. The molecular formula is C27H27N5O. The van der Waals surface area contributed by atoms with Gasteiger partial charge in [-0.15, -0.1) is 0 Å². The molecule has 0 unspecified atom stereocenters. The molecule has 1 aliphatic carbocycles. The molecule has 1 aromatic carbocycles. The van der Waals surface area contributed by atoms with Gasteiger partial charge in [-0.25, -0.2) is 0 Å². The normalized spacial score (nSPS) is 14.2. The van der Waals surface area contributed by atoms with E-state index in [-0.39, 0.29) is 5.91 Å². The lowest BCUT2D eigenvalue weighted by atomic mass is 9.89. The van der Waals surface area contributed by atoms with Crippen LogP contribution in [0.15, 0.2) is 73.2 Å². The lowest BCUT2D eigenvalue weighted by molar-refractivity contribution is 0.0943. The highest BCUT2D eigenvalue weighted by Crippen LogP contribution is 2.31. The number of nitrogens with one attached hydrogen (secondary N) is 2. The lowest BCUT2D eigenvalue weighted by Gasteiger charge is -2.21. The van der Waals surface area contributed by atoms with Crippen LogP contribution in [0.3, 0.4) is 0 Å². The molecule has 0 radical (unpaired) electrons. The van der Waals surface area contributed by atoms with Crippen molar-refractivity contribution in [1.82, 2.24) is 25.5 Å². The number of aromatic nitrogens is 4. The van der Waals surface area contributed by atoms with Gasteiger partial charge in [0, 0.05) is 35.6 Å². The van der Waals surface area contributed by atoms with E-state index in [0.29, 0.717) is 11.5 Å². The predicted molar refractivity (Wildman–Crippen MR) is 129 cm³/mol. The standard InChI is InChI=1S/C27H27N5O/c33-27(30-17-19-6-2-1-3-7-19)21-11-9-20(10-12-21)25-16-22(13-15-29-25)23-18-31-32-26(23)24-8-4-5-14-28-24/h4-5,8-16,18-19H,1-3,6-7,17H2,(H,30,33)(H,31,32). The van der Waals surface area contributed by atoms with Gasteiger partial charge in [0.15, 0.2) is 0 Å². The zero-order valence-corrected chi connectivity index (χ0v) is 18.5. The molecule has 0 saturated heterocycles. The molecule has 4 aromatic rings. The third-order valence-electron chi connectivity index (χ3n) is 6.35.